The Morgan fingerprint density at radius 1 is 0.917 bits per heavy atom. The number of rotatable bonds is 6. The summed E-state index contributed by atoms with van der Waals surface area (Å²) in [6, 6.07) is 10.1. The van der Waals surface area contributed by atoms with Crippen LogP contribution in [0.15, 0.2) is 42.5 Å². The number of carbonyl (C=O) groups excluding carboxylic acids is 2. The minimum Gasteiger partial charge on any atom is -0.425 e. The van der Waals surface area contributed by atoms with Gasteiger partial charge in [-0.15, -0.1) is 0 Å². The van der Waals surface area contributed by atoms with Crippen LogP contribution in [0.5, 0.6) is 11.5 Å². The van der Waals surface area contributed by atoms with Crippen LogP contribution < -0.4 is 9.47 Å². The van der Waals surface area contributed by atoms with Crippen LogP contribution in [0.2, 0.25) is 10.0 Å². The van der Waals surface area contributed by atoms with E-state index in [0.29, 0.717) is 5.02 Å². The molecule has 0 amide bonds. The number of para-hydroxylation sites is 1. The Labute approximate surface area is 148 Å². The van der Waals surface area contributed by atoms with E-state index in [2.05, 4.69) is 0 Å². The highest BCUT2D eigenvalue weighted by molar-refractivity contribution is 6.34. The van der Waals surface area contributed by atoms with Gasteiger partial charge in [0.1, 0.15) is 0 Å². The highest BCUT2D eigenvalue weighted by atomic mass is 35.5. The summed E-state index contributed by atoms with van der Waals surface area (Å²) in [6.07, 6.45) is 0.131. The quantitative estimate of drug-likeness (QED) is 0.540. The molecule has 0 fully saturated rings. The van der Waals surface area contributed by atoms with E-state index in [9.17, 15) is 14.0 Å². The van der Waals surface area contributed by atoms with E-state index >= 15 is 0 Å². The van der Waals surface area contributed by atoms with Crippen LogP contribution in [0, 0.1) is 5.82 Å². The molecule has 2 aromatic carbocycles. The second-order valence-electron chi connectivity index (χ2n) is 4.81. The fourth-order valence-electron chi connectivity index (χ4n) is 1.81. The van der Waals surface area contributed by atoms with Gasteiger partial charge in [0, 0.05) is 23.9 Å². The Morgan fingerprint density at radius 3 is 2.21 bits per heavy atom. The standard InChI is InChI=1S/C17H13Cl2FO4/c18-11-8-9-12(19)15(10-11)24-17(22)7-3-6-16(21)23-14-5-2-1-4-13(14)20/h1-2,4-5,8-10H,3,6-7H2. The maximum atomic E-state index is 13.3. The fraction of sp³-hybridized carbons (Fsp3) is 0.176. The van der Waals surface area contributed by atoms with E-state index in [4.69, 9.17) is 32.7 Å². The Morgan fingerprint density at radius 2 is 1.54 bits per heavy atom. The maximum absolute atomic E-state index is 13.3. The molecule has 0 spiro atoms. The third-order valence-electron chi connectivity index (χ3n) is 2.94. The third-order valence-corrected chi connectivity index (χ3v) is 3.49. The molecule has 126 valence electrons. The Balaban J connectivity index is 1.77. The molecule has 7 heteroatoms. The summed E-state index contributed by atoms with van der Waals surface area (Å²) in [4.78, 5) is 23.4. The normalized spacial score (nSPS) is 10.3. The first-order valence-electron chi connectivity index (χ1n) is 7.06. The van der Waals surface area contributed by atoms with Gasteiger partial charge >= 0.3 is 11.9 Å². The van der Waals surface area contributed by atoms with Gasteiger partial charge in [0.15, 0.2) is 17.3 Å². The van der Waals surface area contributed by atoms with Gasteiger partial charge in [0.25, 0.3) is 0 Å². The summed E-state index contributed by atoms with van der Waals surface area (Å²) in [5.74, 6) is -1.80. The molecule has 0 aromatic heterocycles. The number of hydrogen-bond acceptors (Lipinski definition) is 4. The van der Waals surface area contributed by atoms with E-state index in [0.717, 1.165) is 0 Å². The van der Waals surface area contributed by atoms with Crippen molar-refractivity contribution >= 4 is 35.1 Å². The highest BCUT2D eigenvalue weighted by Crippen LogP contribution is 2.28. The lowest BCUT2D eigenvalue weighted by Gasteiger charge is -2.07. The molecular formula is C17H13Cl2FO4. The Kier molecular flexibility index (Phi) is 6.58. The summed E-state index contributed by atoms with van der Waals surface area (Å²) in [5.41, 5.74) is 0. The topological polar surface area (TPSA) is 52.6 Å². The minimum absolute atomic E-state index is 0.0186. The van der Waals surface area contributed by atoms with Gasteiger partial charge in [-0.1, -0.05) is 35.3 Å². The van der Waals surface area contributed by atoms with Crippen LogP contribution in [0.1, 0.15) is 19.3 Å². The zero-order chi connectivity index (χ0) is 17.5. The van der Waals surface area contributed by atoms with Crippen molar-refractivity contribution < 1.29 is 23.5 Å². The van der Waals surface area contributed by atoms with E-state index in [1.165, 1.54) is 30.3 Å². The van der Waals surface area contributed by atoms with Crippen LogP contribution in [0.3, 0.4) is 0 Å². The summed E-state index contributed by atoms with van der Waals surface area (Å²) >= 11 is 11.7. The fourth-order valence-corrected chi connectivity index (χ4v) is 2.13. The van der Waals surface area contributed by atoms with Crippen LogP contribution >= 0.6 is 23.2 Å². The van der Waals surface area contributed by atoms with Gasteiger partial charge in [-0.25, -0.2) is 4.39 Å². The lowest BCUT2D eigenvalue weighted by Crippen LogP contribution is -2.12. The first-order valence-corrected chi connectivity index (χ1v) is 7.82. The molecule has 0 saturated heterocycles. The molecule has 0 aliphatic rings. The largest absolute Gasteiger partial charge is 0.425 e. The number of hydrogen-bond donors (Lipinski definition) is 0. The molecule has 0 saturated carbocycles. The van der Waals surface area contributed by atoms with Crippen molar-refractivity contribution in [2.45, 2.75) is 19.3 Å². The first kappa shape index (κ1) is 18.2. The maximum Gasteiger partial charge on any atom is 0.311 e. The van der Waals surface area contributed by atoms with E-state index in [1.54, 1.807) is 12.1 Å². The summed E-state index contributed by atoms with van der Waals surface area (Å²) in [6.45, 7) is 0. The van der Waals surface area contributed by atoms with Crippen LogP contribution in [-0.2, 0) is 9.59 Å². The minimum atomic E-state index is -0.631. The van der Waals surface area contributed by atoms with Crippen molar-refractivity contribution in [1.29, 1.82) is 0 Å². The van der Waals surface area contributed by atoms with Crippen molar-refractivity contribution in [3.05, 3.63) is 58.3 Å². The van der Waals surface area contributed by atoms with Crippen LogP contribution in [0.25, 0.3) is 0 Å². The highest BCUT2D eigenvalue weighted by Gasteiger charge is 2.12. The Hall–Kier alpha value is -2.11. The van der Waals surface area contributed by atoms with Crippen molar-refractivity contribution in [3.63, 3.8) is 0 Å². The second-order valence-corrected chi connectivity index (χ2v) is 5.65. The molecule has 0 atom stereocenters. The van der Waals surface area contributed by atoms with Crippen LogP contribution in [-0.4, -0.2) is 11.9 Å². The molecule has 0 unspecified atom stereocenters. The van der Waals surface area contributed by atoms with Crippen LogP contribution in [0.4, 0.5) is 4.39 Å². The van der Waals surface area contributed by atoms with Gasteiger partial charge in [-0.2, -0.15) is 0 Å². The van der Waals surface area contributed by atoms with Crippen molar-refractivity contribution in [2.24, 2.45) is 0 Å². The number of esters is 2. The lowest BCUT2D eigenvalue weighted by atomic mass is 10.2. The predicted octanol–water partition coefficient (Wildman–Crippen LogP) is 4.81. The zero-order valence-electron chi connectivity index (χ0n) is 12.4. The van der Waals surface area contributed by atoms with Gasteiger partial charge in [-0.3, -0.25) is 9.59 Å². The molecule has 0 radical (unpaired) electrons. The van der Waals surface area contributed by atoms with E-state index in [-0.39, 0.29) is 35.8 Å². The number of benzene rings is 2. The molecule has 0 aliphatic carbocycles. The van der Waals surface area contributed by atoms with Gasteiger partial charge in [0.05, 0.1) is 5.02 Å². The zero-order valence-corrected chi connectivity index (χ0v) is 13.9. The van der Waals surface area contributed by atoms with Crippen molar-refractivity contribution in [3.8, 4) is 11.5 Å². The monoisotopic (exact) mass is 370 g/mol. The molecule has 0 bridgehead atoms. The van der Waals surface area contributed by atoms with Gasteiger partial charge < -0.3 is 9.47 Å². The summed E-state index contributed by atoms with van der Waals surface area (Å²) < 4.78 is 23.3. The number of halogens is 3. The second kappa shape index (κ2) is 8.66. The lowest BCUT2D eigenvalue weighted by molar-refractivity contribution is -0.136. The third kappa shape index (κ3) is 5.51. The molecule has 0 aliphatic heterocycles. The molecule has 4 nitrogen and oxygen atoms in total. The van der Waals surface area contributed by atoms with E-state index < -0.39 is 17.8 Å². The van der Waals surface area contributed by atoms with Gasteiger partial charge in [0.2, 0.25) is 0 Å². The Bertz CT molecular complexity index is 749. The van der Waals surface area contributed by atoms with Crippen molar-refractivity contribution in [2.75, 3.05) is 0 Å². The van der Waals surface area contributed by atoms with Gasteiger partial charge in [-0.05, 0) is 30.7 Å². The van der Waals surface area contributed by atoms with E-state index in [1.807, 2.05) is 0 Å². The average Bonchev–Trinajstić information content (AvgIpc) is 2.53. The SMILES string of the molecule is O=C(CCCC(=O)Oc1cc(Cl)ccc1Cl)Oc1ccccc1F. The average molecular weight is 371 g/mol. The molecule has 0 heterocycles. The van der Waals surface area contributed by atoms with Crippen molar-refractivity contribution in [1.82, 2.24) is 0 Å². The molecular weight excluding hydrogens is 358 g/mol. The molecule has 2 aromatic rings. The molecule has 2 rings (SSSR count). The predicted molar refractivity (Wildman–Crippen MR) is 88.0 cm³/mol. The number of carbonyl (C=O) groups is 2. The smallest absolute Gasteiger partial charge is 0.311 e. The number of ether oxygens (including phenoxy) is 2. The molecule has 0 N–H and O–H groups in total. The summed E-state index contributed by atoms with van der Waals surface area (Å²) in [7, 11) is 0. The molecule has 24 heavy (non-hydrogen) atoms. The summed E-state index contributed by atoms with van der Waals surface area (Å²) in [5, 5.41) is 0.641. The first-order chi connectivity index (χ1) is 11.5.